The summed E-state index contributed by atoms with van der Waals surface area (Å²) in [5, 5.41) is 2.28. The van der Waals surface area contributed by atoms with E-state index in [1.165, 1.54) is 0 Å². The van der Waals surface area contributed by atoms with Gasteiger partial charge in [-0.15, -0.1) is 0 Å². The number of hydrogen-bond acceptors (Lipinski definition) is 2. The molecule has 3 aromatic rings. The van der Waals surface area contributed by atoms with Gasteiger partial charge in [0.15, 0.2) is 0 Å². The molecule has 3 rings (SSSR count). The van der Waals surface area contributed by atoms with Crippen molar-refractivity contribution in [2.45, 2.75) is 0 Å². The SMILES string of the molecule is [Co].c1cnc2c(c1)ccc1cccnc12. The monoisotopic (exact) mass is 239 g/mol. The summed E-state index contributed by atoms with van der Waals surface area (Å²) in [6.07, 6.45) is 3.60. The third-order valence-electron chi connectivity index (χ3n) is 2.34. The van der Waals surface area contributed by atoms with Gasteiger partial charge in [0.05, 0.1) is 11.0 Å². The number of fused-ring (bicyclic) bond motifs is 3. The molecule has 0 bridgehead atoms. The van der Waals surface area contributed by atoms with Crippen LogP contribution in [-0.2, 0) is 16.8 Å². The Balaban J connectivity index is 0.000000853. The Morgan fingerprint density at radius 3 is 1.60 bits per heavy atom. The van der Waals surface area contributed by atoms with Gasteiger partial charge in [0.1, 0.15) is 0 Å². The summed E-state index contributed by atoms with van der Waals surface area (Å²) in [4.78, 5) is 8.69. The van der Waals surface area contributed by atoms with Gasteiger partial charge in [-0.05, 0) is 12.1 Å². The number of rotatable bonds is 0. The molecule has 2 nitrogen and oxygen atoms in total. The normalized spacial score (nSPS) is 10.1. The smallest absolute Gasteiger partial charge is 0.0964 e. The van der Waals surface area contributed by atoms with Gasteiger partial charge in [-0.3, -0.25) is 9.97 Å². The van der Waals surface area contributed by atoms with Crippen molar-refractivity contribution in [3.05, 3.63) is 48.8 Å². The fourth-order valence-corrected chi connectivity index (χ4v) is 1.68. The first-order valence-electron chi connectivity index (χ1n) is 4.53. The van der Waals surface area contributed by atoms with Crippen LogP contribution in [0.15, 0.2) is 48.8 Å². The number of benzene rings is 1. The molecule has 0 amide bonds. The van der Waals surface area contributed by atoms with Crippen molar-refractivity contribution in [3.8, 4) is 0 Å². The van der Waals surface area contributed by atoms with Crippen LogP contribution in [0.3, 0.4) is 0 Å². The molecule has 0 saturated carbocycles. The summed E-state index contributed by atoms with van der Waals surface area (Å²) in [5.41, 5.74) is 1.95. The largest absolute Gasteiger partial charge is 0.254 e. The summed E-state index contributed by atoms with van der Waals surface area (Å²) in [6, 6.07) is 12.1. The fraction of sp³-hybridized carbons (Fsp3) is 0. The molecule has 0 atom stereocenters. The molecule has 0 aliphatic heterocycles. The zero-order valence-corrected chi connectivity index (χ0v) is 8.89. The van der Waals surface area contributed by atoms with Crippen LogP contribution in [0.1, 0.15) is 0 Å². The summed E-state index contributed by atoms with van der Waals surface area (Å²) < 4.78 is 0. The molecule has 0 saturated heterocycles. The number of hydrogen-bond donors (Lipinski definition) is 0. The average molecular weight is 239 g/mol. The van der Waals surface area contributed by atoms with Gasteiger partial charge < -0.3 is 0 Å². The maximum atomic E-state index is 4.35. The summed E-state index contributed by atoms with van der Waals surface area (Å²) in [7, 11) is 0. The van der Waals surface area contributed by atoms with Crippen molar-refractivity contribution >= 4 is 21.8 Å². The van der Waals surface area contributed by atoms with Crippen molar-refractivity contribution in [1.29, 1.82) is 0 Å². The Bertz CT molecular complexity index is 553. The van der Waals surface area contributed by atoms with Gasteiger partial charge in [-0.2, -0.15) is 0 Å². The molecule has 2 aromatic heterocycles. The first-order valence-corrected chi connectivity index (χ1v) is 4.53. The Labute approximate surface area is 97.6 Å². The minimum atomic E-state index is 0. The molecule has 15 heavy (non-hydrogen) atoms. The van der Waals surface area contributed by atoms with Gasteiger partial charge in [0.25, 0.3) is 0 Å². The van der Waals surface area contributed by atoms with Crippen molar-refractivity contribution in [2.75, 3.05) is 0 Å². The Morgan fingerprint density at radius 2 is 1.13 bits per heavy atom. The third-order valence-corrected chi connectivity index (χ3v) is 2.34. The molecule has 0 N–H and O–H groups in total. The average Bonchev–Trinajstić information content (AvgIpc) is 2.29. The zero-order valence-electron chi connectivity index (χ0n) is 7.85. The summed E-state index contributed by atoms with van der Waals surface area (Å²) in [6.45, 7) is 0. The van der Waals surface area contributed by atoms with E-state index in [0.29, 0.717) is 0 Å². The van der Waals surface area contributed by atoms with Crippen molar-refractivity contribution in [2.24, 2.45) is 0 Å². The van der Waals surface area contributed by atoms with Crippen LogP contribution in [0.5, 0.6) is 0 Å². The van der Waals surface area contributed by atoms with Crippen LogP contribution in [0.2, 0.25) is 0 Å². The molecule has 3 heteroatoms. The first-order chi connectivity index (χ1) is 6.95. The topological polar surface area (TPSA) is 25.8 Å². The second-order valence-corrected chi connectivity index (χ2v) is 3.22. The third kappa shape index (κ3) is 1.60. The Hall–Kier alpha value is -1.45. The van der Waals surface area contributed by atoms with Gasteiger partial charge in [-0.1, -0.05) is 24.3 Å². The van der Waals surface area contributed by atoms with E-state index < -0.39 is 0 Å². The molecule has 1 radical (unpaired) electrons. The Kier molecular flexibility index (Phi) is 2.66. The first kappa shape index (κ1) is 10.1. The van der Waals surface area contributed by atoms with Crippen LogP contribution in [0.4, 0.5) is 0 Å². The molecule has 0 aliphatic rings. The number of pyridine rings is 2. The van der Waals surface area contributed by atoms with E-state index >= 15 is 0 Å². The zero-order chi connectivity index (χ0) is 9.38. The number of nitrogens with zero attached hydrogens (tertiary/aromatic N) is 2. The molecule has 2 heterocycles. The summed E-state index contributed by atoms with van der Waals surface area (Å²) >= 11 is 0. The van der Waals surface area contributed by atoms with Crippen LogP contribution in [0, 0.1) is 0 Å². The predicted molar refractivity (Wildman–Crippen MR) is 57.0 cm³/mol. The van der Waals surface area contributed by atoms with E-state index in [4.69, 9.17) is 0 Å². The minimum Gasteiger partial charge on any atom is -0.254 e. The van der Waals surface area contributed by atoms with Gasteiger partial charge >= 0.3 is 0 Å². The number of aromatic nitrogens is 2. The van der Waals surface area contributed by atoms with E-state index in [9.17, 15) is 0 Å². The van der Waals surface area contributed by atoms with Crippen LogP contribution < -0.4 is 0 Å². The predicted octanol–water partition coefficient (Wildman–Crippen LogP) is 2.78. The van der Waals surface area contributed by atoms with Crippen molar-refractivity contribution in [3.63, 3.8) is 0 Å². The molecule has 0 aliphatic carbocycles. The van der Waals surface area contributed by atoms with Crippen LogP contribution >= 0.6 is 0 Å². The maximum absolute atomic E-state index is 4.35. The van der Waals surface area contributed by atoms with Crippen LogP contribution in [-0.4, -0.2) is 9.97 Å². The molecule has 0 unspecified atom stereocenters. The molecule has 0 fully saturated rings. The van der Waals surface area contributed by atoms with Gasteiger partial charge in [0, 0.05) is 39.9 Å². The van der Waals surface area contributed by atoms with E-state index in [1.54, 1.807) is 12.4 Å². The Morgan fingerprint density at radius 1 is 0.667 bits per heavy atom. The van der Waals surface area contributed by atoms with Crippen molar-refractivity contribution < 1.29 is 16.8 Å². The quantitative estimate of drug-likeness (QED) is 0.564. The summed E-state index contributed by atoms with van der Waals surface area (Å²) in [5.74, 6) is 0. The molecular formula is C12H8CoN2. The van der Waals surface area contributed by atoms with E-state index in [-0.39, 0.29) is 16.8 Å². The standard InChI is InChI=1S/C12H8N2.Co/c1-3-9-5-6-10-4-2-8-14-12(10)11(9)13-7-1;/h1-8H;. The van der Waals surface area contributed by atoms with Gasteiger partial charge in [-0.25, -0.2) is 0 Å². The molecular weight excluding hydrogens is 231 g/mol. The fourth-order valence-electron chi connectivity index (χ4n) is 1.68. The minimum absolute atomic E-state index is 0. The molecule has 0 spiro atoms. The van der Waals surface area contributed by atoms with Crippen LogP contribution in [0.25, 0.3) is 21.8 Å². The molecule has 1 aromatic carbocycles. The van der Waals surface area contributed by atoms with Gasteiger partial charge in [0.2, 0.25) is 0 Å². The van der Waals surface area contributed by atoms with E-state index in [0.717, 1.165) is 21.8 Å². The maximum Gasteiger partial charge on any atom is 0.0964 e. The van der Waals surface area contributed by atoms with E-state index in [2.05, 4.69) is 34.2 Å². The van der Waals surface area contributed by atoms with E-state index in [1.807, 2.05) is 12.1 Å². The second-order valence-electron chi connectivity index (χ2n) is 3.22. The van der Waals surface area contributed by atoms with Crippen molar-refractivity contribution in [1.82, 2.24) is 9.97 Å². The molecule has 75 valence electrons. The second kappa shape index (κ2) is 3.96.